The fourth-order valence-corrected chi connectivity index (χ4v) is 1.56. The van der Waals surface area contributed by atoms with Crippen LogP contribution in [0.25, 0.3) is 0 Å². The topological polar surface area (TPSA) is 12.0 Å². The number of alkyl halides is 3. The zero-order valence-electron chi connectivity index (χ0n) is 9.82. The second-order valence-electron chi connectivity index (χ2n) is 3.84. The maximum absolute atomic E-state index is 11.8. The molecule has 0 aliphatic heterocycles. The Balaban J connectivity index is 3.67. The molecule has 0 amide bonds. The summed E-state index contributed by atoms with van der Waals surface area (Å²) in [5, 5.41) is 1.73. The Hall–Kier alpha value is -0.420. The minimum atomic E-state index is -4.14. The molecule has 0 saturated heterocycles. The van der Waals surface area contributed by atoms with Crippen LogP contribution in [-0.4, -0.2) is 12.7 Å². The number of halogens is 3. The Kier molecular flexibility index (Phi) is 7.58. The molecule has 0 unspecified atom stereocenters. The minimum absolute atomic E-state index is 0.881. The predicted octanol–water partition coefficient (Wildman–Crippen LogP) is 4.44. The van der Waals surface area contributed by atoms with E-state index in [1.54, 1.807) is 5.41 Å². The van der Waals surface area contributed by atoms with Gasteiger partial charge in [-0.25, -0.2) is 0 Å². The SMILES string of the molecule is CC(C)=CCC/C(C)=C/SNCC(F)(F)F. The number of nitrogens with one attached hydrogen (secondary N) is 1. The summed E-state index contributed by atoms with van der Waals surface area (Å²) in [6, 6.07) is 0. The standard InChI is InChI=1S/C11H18F3NS/c1-9(2)5-4-6-10(3)7-16-15-8-11(12,13)14/h5,7,15H,4,6,8H2,1-3H3/b10-7+. The number of hydrogen-bond donors (Lipinski definition) is 1. The monoisotopic (exact) mass is 253 g/mol. The van der Waals surface area contributed by atoms with Crippen LogP contribution in [0.2, 0.25) is 0 Å². The molecule has 0 radical (unpaired) electrons. The Morgan fingerprint density at radius 3 is 2.38 bits per heavy atom. The van der Waals surface area contributed by atoms with E-state index in [-0.39, 0.29) is 0 Å². The van der Waals surface area contributed by atoms with Gasteiger partial charge in [0.1, 0.15) is 6.54 Å². The third-order valence-corrected chi connectivity index (χ3v) is 2.54. The molecule has 1 N–H and O–H groups in total. The highest BCUT2D eigenvalue weighted by Gasteiger charge is 2.26. The Bertz CT molecular complexity index is 252. The van der Waals surface area contributed by atoms with Crippen LogP contribution in [0.5, 0.6) is 0 Å². The van der Waals surface area contributed by atoms with Crippen molar-refractivity contribution in [2.45, 2.75) is 39.8 Å². The van der Waals surface area contributed by atoms with Gasteiger partial charge in [-0.15, -0.1) is 0 Å². The van der Waals surface area contributed by atoms with Gasteiger partial charge >= 0.3 is 6.18 Å². The molecule has 94 valence electrons. The lowest BCUT2D eigenvalue weighted by molar-refractivity contribution is -0.120. The van der Waals surface area contributed by atoms with Gasteiger partial charge in [0.15, 0.2) is 0 Å². The van der Waals surface area contributed by atoms with Crippen LogP contribution in [0.4, 0.5) is 13.2 Å². The van der Waals surface area contributed by atoms with E-state index < -0.39 is 12.7 Å². The van der Waals surface area contributed by atoms with E-state index in [1.165, 1.54) is 5.57 Å². The van der Waals surface area contributed by atoms with Crippen LogP contribution >= 0.6 is 11.9 Å². The molecule has 0 aromatic carbocycles. The first-order valence-electron chi connectivity index (χ1n) is 5.05. The fourth-order valence-electron chi connectivity index (χ4n) is 0.913. The summed E-state index contributed by atoms with van der Waals surface area (Å²) in [7, 11) is 0. The van der Waals surface area contributed by atoms with E-state index in [2.05, 4.69) is 10.8 Å². The van der Waals surface area contributed by atoms with E-state index in [4.69, 9.17) is 0 Å². The molecule has 16 heavy (non-hydrogen) atoms. The molecule has 0 heterocycles. The smallest absolute Gasteiger partial charge is 0.251 e. The summed E-state index contributed by atoms with van der Waals surface area (Å²) in [4.78, 5) is 0. The molecule has 0 aliphatic rings. The van der Waals surface area contributed by atoms with Crippen LogP contribution in [0.15, 0.2) is 22.6 Å². The molecule has 0 atom stereocenters. The van der Waals surface area contributed by atoms with Crippen molar-refractivity contribution in [2.24, 2.45) is 0 Å². The maximum atomic E-state index is 11.8. The minimum Gasteiger partial charge on any atom is -0.251 e. The van der Waals surface area contributed by atoms with E-state index in [1.807, 2.05) is 20.8 Å². The van der Waals surface area contributed by atoms with E-state index in [0.29, 0.717) is 0 Å². The molecule has 0 fully saturated rings. The summed E-state index contributed by atoms with van der Waals surface area (Å²) >= 11 is 0.994. The second-order valence-corrected chi connectivity index (χ2v) is 4.60. The molecule has 0 aliphatic carbocycles. The van der Waals surface area contributed by atoms with E-state index in [0.717, 1.165) is 30.4 Å². The molecule has 0 aromatic heterocycles. The van der Waals surface area contributed by atoms with Crippen molar-refractivity contribution in [1.82, 2.24) is 4.72 Å². The highest BCUT2D eigenvalue weighted by Crippen LogP contribution is 2.15. The maximum Gasteiger partial charge on any atom is 0.402 e. The van der Waals surface area contributed by atoms with Crippen LogP contribution in [-0.2, 0) is 0 Å². The van der Waals surface area contributed by atoms with Crippen molar-refractivity contribution in [1.29, 1.82) is 0 Å². The zero-order chi connectivity index (χ0) is 12.6. The van der Waals surface area contributed by atoms with E-state index >= 15 is 0 Å². The van der Waals surface area contributed by atoms with Crippen molar-refractivity contribution in [3.05, 3.63) is 22.6 Å². The van der Waals surface area contributed by atoms with Gasteiger partial charge < -0.3 is 0 Å². The predicted molar refractivity (Wildman–Crippen MR) is 64.1 cm³/mol. The average molecular weight is 253 g/mol. The lowest BCUT2D eigenvalue weighted by atomic mass is 10.1. The number of hydrogen-bond acceptors (Lipinski definition) is 2. The molecule has 0 spiro atoms. The Labute approximate surface area is 99.3 Å². The fraction of sp³-hybridized carbons (Fsp3) is 0.636. The third-order valence-electron chi connectivity index (χ3n) is 1.71. The van der Waals surface area contributed by atoms with Gasteiger partial charge in [0, 0.05) is 0 Å². The summed E-state index contributed by atoms with van der Waals surface area (Å²) in [6.45, 7) is 5.01. The van der Waals surface area contributed by atoms with Crippen molar-refractivity contribution < 1.29 is 13.2 Å². The summed E-state index contributed by atoms with van der Waals surface area (Å²) < 4.78 is 37.6. The third kappa shape index (κ3) is 11.7. The first-order valence-corrected chi connectivity index (χ1v) is 5.93. The van der Waals surface area contributed by atoms with Crippen LogP contribution in [0.1, 0.15) is 33.6 Å². The van der Waals surface area contributed by atoms with Gasteiger partial charge in [-0.3, -0.25) is 4.72 Å². The molecule has 0 rings (SSSR count). The van der Waals surface area contributed by atoms with Gasteiger partial charge in [-0.2, -0.15) is 13.2 Å². The summed E-state index contributed by atoms with van der Waals surface area (Å²) in [5.41, 5.74) is 2.34. The Morgan fingerprint density at radius 2 is 1.88 bits per heavy atom. The Morgan fingerprint density at radius 1 is 1.25 bits per heavy atom. The normalized spacial score (nSPS) is 12.8. The van der Waals surface area contributed by atoms with Crippen LogP contribution in [0, 0.1) is 0 Å². The first-order chi connectivity index (χ1) is 7.31. The molecule has 0 bridgehead atoms. The summed E-state index contributed by atoms with van der Waals surface area (Å²) in [6.07, 6.45) is -0.210. The van der Waals surface area contributed by atoms with Gasteiger partial charge in [0.25, 0.3) is 0 Å². The largest absolute Gasteiger partial charge is 0.402 e. The van der Waals surface area contributed by atoms with Crippen molar-refractivity contribution >= 4 is 11.9 Å². The zero-order valence-corrected chi connectivity index (χ0v) is 10.6. The van der Waals surface area contributed by atoms with Gasteiger partial charge in [0.2, 0.25) is 0 Å². The van der Waals surface area contributed by atoms with Crippen LogP contribution < -0.4 is 4.72 Å². The first kappa shape index (κ1) is 15.6. The lowest BCUT2D eigenvalue weighted by Gasteiger charge is -2.05. The van der Waals surface area contributed by atoms with Gasteiger partial charge in [-0.1, -0.05) is 29.2 Å². The molecule has 5 heteroatoms. The quantitative estimate of drug-likeness (QED) is 0.427. The average Bonchev–Trinajstić information content (AvgIpc) is 2.10. The highest BCUT2D eigenvalue weighted by molar-refractivity contribution is 8.00. The number of allylic oxidation sites excluding steroid dienone is 3. The van der Waals surface area contributed by atoms with Crippen molar-refractivity contribution in [3.63, 3.8) is 0 Å². The highest BCUT2D eigenvalue weighted by atomic mass is 32.2. The molecule has 0 aromatic rings. The molecule has 1 nitrogen and oxygen atoms in total. The van der Waals surface area contributed by atoms with Gasteiger partial charge in [-0.05, 0) is 39.0 Å². The molecular formula is C11H18F3NS. The summed E-state index contributed by atoms with van der Waals surface area (Å²) in [5.74, 6) is 0. The number of rotatable bonds is 6. The molecular weight excluding hydrogens is 235 g/mol. The lowest BCUT2D eigenvalue weighted by Crippen LogP contribution is -2.23. The second kappa shape index (κ2) is 7.79. The van der Waals surface area contributed by atoms with Crippen LogP contribution in [0.3, 0.4) is 0 Å². The molecule has 0 saturated carbocycles. The van der Waals surface area contributed by atoms with Crippen molar-refractivity contribution in [2.75, 3.05) is 6.54 Å². The van der Waals surface area contributed by atoms with Gasteiger partial charge in [0.05, 0.1) is 0 Å². The van der Waals surface area contributed by atoms with E-state index in [9.17, 15) is 13.2 Å². The van der Waals surface area contributed by atoms with Crippen molar-refractivity contribution in [3.8, 4) is 0 Å².